The van der Waals surface area contributed by atoms with Gasteiger partial charge in [-0.3, -0.25) is 4.40 Å². The molecule has 1 unspecified atom stereocenters. The minimum atomic E-state index is -3.66. The zero-order chi connectivity index (χ0) is 14.0. The standard InChI is InChI=1S/C9H15N5O2S3/c1-6(17-2)5-11-19(15,16)8-7(13-10)12-9-14(8)3-4-18-9/h3-4,6,11,13H,5,10H2,1-2H3. The molecule has 2 aromatic rings. The lowest BCUT2D eigenvalue weighted by Gasteiger charge is -2.10. The van der Waals surface area contributed by atoms with Gasteiger partial charge in [-0.1, -0.05) is 6.92 Å². The van der Waals surface area contributed by atoms with Crippen LogP contribution in [0.2, 0.25) is 0 Å². The Morgan fingerprint density at radius 1 is 1.63 bits per heavy atom. The summed E-state index contributed by atoms with van der Waals surface area (Å²) in [5, 5.41) is 2.00. The van der Waals surface area contributed by atoms with Crippen molar-refractivity contribution in [2.45, 2.75) is 17.2 Å². The van der Waals surface area contributed by atoms with Crippen molar-refractivity contribution in [3.63, 3.8) is 0 Å². The molecule has 0 aromatic carbocycles. The highest BCUT2D eigenvalue weighted by molar-refractivity contribution is 7.99. The average molecular weight is 321 g/mol. The van der Waals surface area contributed by atoms with Crippen LogP contribution in [-0.4, -0.2) is 35.9 Å². The summed E-state index contributed by atoms with van der Waals surface area (Å²) < 4.78 is 28.7. The molecule has 0 aliphatic rings. The van der Waals surface area contributed by atoms with Crippen molar-refractivity contribution < 1.29 is 8.42 Å². The van der Waals surface area contributed by atoms with Crippen molar-refractivity contribution in [2.75, 3.05) is 18.2 Å². The third-order valence-corrected chi connectivity index (χ3v) is 5.75. The quantitative estimate of drug-likeness (QED) is 0.535. The highest BCUT2D eigenvalue weighted by atomic mass is 32.2. The van der Waals surface area contributed by atoms with Gasteiger partial charge in [-0.2, -0.15) is 16.7 Å². The Labute approximate surface area is 119 Å². The van der Waals surface area contributed by atoms with E-state index in [-0.39, 0.29) is 16.1 Å². The number of hydrogen-bond acceptors (Lipinski definition) is 7. The molecule has 2 rings (SSSR count). The number of hydrogen-bond donors (Lipinski definition) is 3. The molecule has 7 nitrogen and oxygen atoms in total. The normalized spacial score (nSPS) is 13.8. The minimum absolute atomic E-state index is 0.0413. The Hall–Kier alpha value is -0.810. The lowest BCUT2D eigenvalue weighted by Crippen LogP contribution is -2.31. The number of anilines is 1. The Bertz CT molecular complexity index is 662. The molecule has 2 heterocycles. The molecule has 10 heteroatoms. The number of thiazole rings is 1. The van der Waals surface area contributed by atoms with Crippen molar-refractivity contribution in [3.05, 3.63) is 11.6 Å². The molecule has 19 heavy (non-hydrogen) atoms. The molecule has 0 bridgehead atoms. The van der Waals surface area contributed by atoms with E-state index in [4.69, 9.17) is 5.84 Å². The van der Waals surface area contributed by atoms with E-state index in [2.05, 4.69) is 15.1 Å². The summed E-state index contributed by atoms with van der Waals surface area (Å²) in [5.74, 6) is 5.48. The Morgan fingerprint density at radius 2 is 2.37 bits per heavy atom. The van der Waals surface area contributed by atoms with Gasteiger partial charge >= 0.3 is 0 Å². The van der Waals surface area contributed by atoms with Crippen molar-refractivity contribution in [1.82, 2.24) is 14.1 Å². The molecule has 1 atom stereocenters. The molecule has 4 N–H and O–H groups in total. The topological polar surface area (TPSA) is 102 Å². The summed E-state index contributed by atoms with van der Waals surface area (Å²) in [5.41, 5.74) is 2.33. The molecular formula is C9H15N5O2S3. The van der Waals surface area contributed by atoms with E-state index in [0.29, 0.717) is 11.5 Å². The second-order valence-corrected chi connectivity index (χ2v) is 7.70. The second-order valence-electron chi connectivity index (χ2n) is 3.86. The lowest BCUT2D eigenvalue weighted by atomic mass is 10.5. The maximum absolute atomic E-state index is 12.3. The number of sulfonamides is 1. The van der Waals surface area contributed by atoms with E-state index in [9.17, 15) is 8.42 Å². The molecule has 0 fully saturated rings. The molecule has 0 radical (unpaired) electrons. The van der Waals surface area contributed by atoms with Gasteiger partial charge in [0.15, 0.2) is 10.8 Å². The van der Waals surface area contributed by atoms with Crippen LogP contribution in [0.3, 0.4) is 0 Å². The van der Waals surface area contributed by atoms with E-state index in [0.717, 1.165) is 0 Å². The molecular weight excluding hydrogens is 306 g/mol. The van der Waals surface area contributed by atoms with E-state index in [1.54, 1.807) is 23.3 Å². The summed E-state index contributed by atoms with van der Waals surface area (Å²) in [6.45, 7) is 2.30. The molecule has 2 aromatic heterocycles. The predicted octanol–water partition coefficient (Wildman–Crippen LogP) is 0.711. The summed E-state index contributed by atoms with van der Waals surface area (Å²) in [4.78, 5) is 4.70. The first-order valence-corrected chi connectivity index (χ1v) is 9.09. The molecule has 0 aliphatic carbocycles. The van der Waals surface area contributed by atoms with Crippen LogP contribution in [0.5, 0.6) is 0 Å². The predicted molar refractivity (Wildman–Crippen MR) is 79.0 cm³/mol. The van der Waals surface area contributed by atoms with Crippen LogP contribution >= 0.6 is 23.1 Å². The van der Waals surface area contributed by atoms with E-state index < -0.39 is 10.0 Å². The van der Waals surface area contributed by atoms with Gasteiger partial charge in [0.2, 0.25) is 5.03 Å². The van der Waals surface area contributed by atoms with Gasteiger partial charge in [0.25, 0.3) is 10.0 Å². The van der Waals surface area contributed by atoms with Gasteiger partial charge in [-0.05, 0) is 6.26 Å². The number of nitrogens with one attached hydrogen (secondary N) is 2. The summed E-state index contributed by atoms with van der Waals surface area (Å²) in [7, 11) is -3.66. The lowest BCUT2D eigenvalue weighted by molar-refractivity contribution is 0.577. The van der Waals surface area contributed by atoms with Crippen LogP contribution < -0.4 is 16.0 Å². The fraction of sp³-hybridized carbons (Fsp3) is 0.444. The SMILES string of the molecule is CSC(C)CNS(=O)(=O)c1c(NN)nc2sccn12. The van der Waals surface area contributed by atoms with E-state index >= 15 is 0 Å². The van der Waals surface area contributed by atoms with Crippen molar-refractivity contribution in [3.8, 4) is 0 Å². The number of aromatic nitrogens is 2. The Morgan fingerprint density at radius 3 is 3.00 bits per heavy atom. The summed E-state index contributed by atoms with van der Waals surface area (Å²) in [6, 6.07) is 0. The second kappa shape index (κ2) is 5.67. The molecule has 106 valence electrons. The fourth-order valence-corrected chi connectivity index (χ4v) is 3.99. The molecule has 0 amide bonds. The summed E-state index contributed by atoms with van der Waals surface area (Å²) in [6.07, 6.45) is 3.59. The monoisotopic (exact) mass is 321 g/mol. The first kappa shape index (κ1) is 14.6. The van der Waals surface area contributed by atoms with Crippen LogP contribution in [0.15, 0.2) is 16.6 Å². The van der Waals surface area contributed by atoms with Gasteiger partial charge in [-0.15, -0.1) is 11.3 Å². The van der Waals surface area contributed by atoms with Gasteiger partial charge in [0.1, 0.15) is 0 Å². The van der Waals surface area contributed by atoms with Crippen LogP contribution in [0.4, 0.5) is 5.82 Å². The number of nitrogens with zero attached hydrogens (tertiary/aromatic N) is 2. The molecule has 0 saturated carbocycles. The van der Waals surface area contributed by atoms with Crippen molar-refractivity contribution >= 4 is 43.9 Å². The zero-order valence-electron chi connectivity index (χ0n) is 10.5. The largest absolute Gasteiger partial charge is 0.306 e. The van der Waals surface area contributed by atoms with Crippen molar-refractivity contribution in [1.29, 1.82) is 0 Å². The average Bonchev–Trinajstić information content (AvgIpc) is 2.94. The van der Waals surface area contributed by atoms with Gasteiger partial charge in [0, 0.05) is 23.4 Å². The smallest absolute Gasteiger partial charge is 0.260 e. The highest BCUT2D eigenvalue weighted by Crippen LogP contribution is 2.24. The maximum Gasteiger partial charge on any atom is 0.260 e. The van der Waals surface area contributed by atoms with Crippen LogP contribution in [0.1, 0.15) is 6.92 Å². The minimum Gasteiger partial charge on any atom is -0.306 e. The number of fused-ring (bicyclic) bond motifs is 1. The zero-order valence-corrected chi connectivity index (χ0v) is 12.9. The number of thioether (sulfide) groups is 1. The maximum atomic E-state index is 12.3. The number of hydrazine groups is 1. The fourth-order valence-electron chi connectivity index (χ4n) is 1.49. The first-order chi connectivity index (χ1) is 8.99. The van der Waals surface area contributed by atoms with Gasteiger partial charge in [0.05, 0.1) is 0 Å². The van der Waals surface area contributed by atoms with E-state index in [1.807, 2.05) is 13.2 Å². The van der Waals surface area contributed by atoms with Crippen LogP contribution in [-0.2, 0) is 10.0 Å². The number of imidazole rings is 1. The Balaban J connectivity index is 2.38. The van der Waals surface area contributed by atoms with Crippen LogP contribution in [0.25, 0.3) is 4.96 Å². The number of nitrogens with two attached hydrogens (primary N) is 1. The number of rotatable bonds is 6. The molecule has 0 saturated heterocycles. The third-order valence-electron chi connectivity index (χ3n) is 2.57. The summed E-state index contributed by atoms with van der Waals surface area (Å²) >= 11 is 2.93. The van der Waals surface area contributed by atoms with E-state index in [1.165, 1.54) is 15.7 Å². The molecule has 0 spiro atoms. The van der Waals surface area contributed by atoms with Gasteiger partial charge in [-0.25, -0.2) is 19.0 Å². The van der Waals surface area contributed by atoms with Crippen molar-refractivity contribution in [2.24, 2.45) is 5.84 Å². The number of nitrogen functional groups attached to an aromatic ring is 1. The Kier molecular flexibility index (Phi) is 4.36. The molecule has 0 aliphatic heterocycles. The highest BCUT2D eigenvalue weighted by Gasteiger charge is 2.25. The first-order valence-electron chi connectivity index (χ1n) is 5.44. The third kappa shape index (κ3) is 2.87. The van der Waals surface area contributed by atoms with Gasteiger partial charge < -0.3 is 5.43 Å². The van der Waals surface area contributed by atoms with Crippen LogP contribution in [0, 0.1) is 0 Å².